The molecule has 0 saturated carbocycles. The van der Waals surface area contributed by atoms with Crippen molar-refractivity contribution in [2.75, 3.05) is 29.4 Å². The van der Waals surface area contributed by atoms with Gasteiger partial charge in [-0.05, 0) is 31.4 Å². The van der Waals surface area contributed by atoms with Gasteiger partial charge in [0.1, 0.15) is 0 Å². The molecule has 0 spiro atoms. The quantitative estimate of drug-likeness (QED) is 0.770. The van der Waals surface area contributed by atoms with Gasteiger partial charge in [-0.15, -0.1) is 0 Å². The molecule has 126 valence electrons. The maximum Gasteiger partial charge on any atom is 0.232 e. The third-order valence-corrected chi connectivity index (χ3v) is 5.95. The number of aryl methyl sites for hydroxylation is 2. The van der Waals surface area contributed by atoms with Crippen LogP contribution in [0.2, 0.25) is 0 Å². The van der Waals surface area contributed by atoms with E-state index in [-0.39, 0.29) is 18.8 Å². The van der Waals surface area contributed by atoms with Crippen molar-refractivity contribution in [3.63, 3.8) is 0 Å². The summed E-state index contributed by atoms with van der Waals surface area (Å²) in [6, 6.07) is 5.53. The van der Waals surface area contributed by atoms with Crippen LogP contribution in [-0.2, 0) is 20.0 Å². The number of para-hydroxylation sites is 1. The molecule has 0 aliphatic heterocycles. The SMILES string of the molecule is CCCS(=O)(=O)NCCN(c1c(C)cccc1C)S(C)(=O)=O. The molecule has 0 radical (unpaired) electrons. The summed E-state index contributed by atoms with van der Waals surface area (Å²) in [5.74, 6) is 0.0370. The van der Waals surface area contributed by atoms with Crippen LogP contribution in [0.4, 0.5) is 5.69 Å². The third kappa shape index (κ3) is 5.26. The summed E-state index contributed by atoms with van der Waals surface area (Å²) in [6.45, 7) is 5.55. The van der Waals surface area contributed by atoms with Gasteiger partial charge in [0.2, 0.25) is 20.0 Å². The van der Waals surface area contributed by atoms with Crippen LogP contribution in [0.5, 0.6) is 0 Å². The molecule has 1 rings (SSSR count). The van der Waals surface area contributed by atoms with Crippen LogP contribution in [0.15, 0.2) is 18.2 Å². The highest BCUT2D eigenvalue weighted by atomic mass is 32.2. The molecule has 0 aliphatic rings. The number of hydrogen-bond acceptors (Lipinski definition) is 4. The van der Waals surface area contributed by atoms with Gasteiger partial charge in [-0.25, -0.2) is 21.6 Å². The second-order valence-corrected chi connectivity index (χ2v) is 9.12. The van der Waals surface area contributed by atoms with Crippen molar-refractivity contribution in [3.05, 3.63) is 29.3 Å². The van der Waals surface area contributed by atoms with Crippen molar-refractivity contribution < 1.29 is 16.8 Å². The van der Waals surface area contributed by atoms with Crippen molar-refractivity contribution in [2.45, 2.75) is 27.2 Å². The number of nitrogens with one attached hydrogen (secondary N) is 1. The lowest BCUT2D eigenvalue weighted by atomic mass is 10.1. The van der Waals surface area contributed by atoms with Gasteiger partial charge in [-0.1, -0.05) is 25.1 Å². The maximum absolute atomic E-state index is 12.1. The van der Waals surface area contributed by atoms with E-state index in [0.717, 1.165) is 17.4 Å². The van der Waals surface area contributed by atoms with Gasteiger partial charge in [-0.3, -0.25) is 4.31 Å². The molecule has 0 atom stereocenters. The second kappa shape index (κ2) is 7.43. The number of sulfonamides is 2. The summed E-state index contributed by atoms with van der Waals surface area (Å²) in [5.41, 5.74) is 2.28. The molecule has 0 heterocycles. The molecule has 22 heavy (non-hydrogen) atoms. The molecule has 0 fully saturated rings. The first-order chi connectivity index (χ1) is 10.1. The predicted molar refractivity (Wildman–Crippen MR) is 90.2 cm³/mol. The Morgan fingerprint density at radius 2 is 1.64 bits per heavy atom. The molecule has 1 aromatic carbocycles. The van der Waals surface area contributed by atoms with Gasteiger partial charge >= 0.3 is 0 Å². The van der Waals surface area contributed by atoms with Crippen molar-refractivity contribution in [1.82, 2.24) is 4.72 Å². The number of nitrogens with zero attached hydrogens (tertiary/aromatic N) is 1. The Bertz CT molecular complexity index is 692. The second-order valence-electron chi connectivity index (χ2n) is 5.29. The van der Waals surface area contributed by atoms with Gasteiger partial charge in [-0.2, -0.15) is 0 Å². The highest BCUT2D eigenvalue weighted by molar-refractivity contribution is 7.92. The third-order valence-electron chi connectivity index (χ3n) is 3.20. The molecular weight excluding hydrogens is 324 g/mol. The molecular formula is C14H24N2O4S2. The first-order valence-electron chi connectivity index (χ1n) is 7.09. The Labute approximate surface area is 133 Å². The van der Waals surface area contributed by atoms with E-state index < -0.39 is 20.0 Å². The Balaban J connectivity index is 2.98. The summed E-state index contributed by atoms with van der Waals surface area (Å²) in [6.07, 6.45) is 1.64. The van der Waals surface area contributed by atoms with Crippen LogP contribution in [0.1, 0.15) is 24.5 Å². The fourth-order valence-electron chi connectivity index (χ4n) is 2.29. The highest BCUT2D eigenvalue weighted by Crippen LogP contribution is 2.26. The lowest BCUT2D eigenvalue weighted by molar-refractivity contribution is 0.577. The van der Waals surface area contributed by atoms with Crippen molar-refractivity contribution in [2.24, 2.45) is 0 Å². The molecule has 0 bridgehead atoms. The molecule has 0 saturated heterocycles. The standard InChI is InChI=1S/C14H24N2O4S2/c1-5-11-22(19,20)15-9-10-16(21(4,17)18)14-12(2)7-6-8-13(14)3/h6-8,15H,5,9-11H2,1-4H3. The van der Waals surface area contributed by atoms with Crippen LogP contribution < -0.4 is 9.03 Å². The minimum Gasteiger partial charge on any atom is -0.269 e. The van der Waals surface area contributed by atoms with Crippen molar-refractivity contribution >= 4 is 25.7 Å². The number of hydrogen-bond donors (Lipinski definition) is 1. The lowest BCUT2D eigenvalue weighted by Gasteiger charge is -2.26. The lowest BCUT2D eigenvalue weighted by Crippen LogP contribution is -2.39. The molecule has 0 unspecified atom stereocenters. The van der Waals surface area contributed by atoms with E-state index in [1.807, 2.05) is 32.0 Å². The predicted octanol–water partition coefficient (Wildman–Crippen LogP) is 1.40. The largest absolute Gasteiger partial charge is 0.269 e. The minimum atomic E-state index is -3.49. The molecule has 0 aliphatic carbocycles. The summed E-state index contributed by atoms with van der Waals surface area (Å²) in [5, 5.41) is 0. The van der Waals surface area contributed by atoms with E-state index in [0.29, 0.717) is 12.1 Å². The van der Waals surface area contributed by atoms with Crippen LogP contribution in [-0.4, -0.2) is 41.9 Å². The van der Waals surface area contributed by atoms with Crippen molar-refractivity contribution in [1.29, 1.82) is 0 Å². The van der Waals surface area contributed by atoms with Gasteiger partial charge in [0, 0.05) is 13.1 Å². The summed E-state index contributed by atoms with van der Waals surface area (Å²) in [7, 11) is -6.84. The minimum absolute atomic E-state index is 0.0370. The van der Waals surface area contributed by atoms with E-state index in [9.17, 15) is 16.8 Å². The Morgan fingerprint density at radius 1 is 1.09 bits per heavy atom. The van der Waals surface area contributed by atoms with E-state index in [1.54, 1.807) is 6.92 Å². The maximum atomic E-state index is 12.1. The number of rotatable bonds is 8. The Kier molecular flexibility index (Phi) is 6.39. The van der Waals surface area contributed by atoms with Gasteiger partial charge in [0.05, 0.1) is 17.7 Å². The van der Waals surface area contributed by atoms with Gasteiger partial charge in [0.15, 0.2) is 0 Å². The van der Waals surface area contributed by atoms with Crippen LogP contribution in [0.25, 0.3) is 0 Å². The smallest absolute Gasteiger partial charge is 0.232 e. The topological polar surface area (TPSA) is 83.6 Å². The van der Waals surface area contributed by atoms with E-state index in [4.69, 9.17) is 0 Å². The number of benzene rings is 1. The first kappa shape index (κ1) is 18.9. The summed E-state index contributed by atoms with van der Waals surface area (Å²) < 4.78 is 51.1. The number of anilines is 1. The molecule has 6 nitrogen and oxygen atoms in total. The summed E-state index contributed by atoms with van der Waals surface area (Å²) >= 11 is 0. The van der Waals surface area contributed by atoms with Crippen LogP contribution in [0, 0.1) is 13.8 Å². The van der Waals surface area contributed by atoms with E-state index in [1.165, 1.54) is 4.31 Å². The van der Waals surface area contributed by atoms with Crippen LogP contribution in [0.3, 0.4) is 0 Å². The highest BCUT2D eigenvalue weighted by Gasteiger charge is 2.21. The molecule has 8 heteroatoms. The Hall–Kier alpha value is -1.12. The van der Waals surface area contributed by atoms with Crippen LogP contribution >= 0.6 is 0 Å². The molecule has 1 aromatic rings. The fraction of sp³-hybridized carbons (Fsp3) is 0.571. The fourth-order valence-corrected chi connectivity index (χ4v) is 4.41. The van der Waals surface area contributed by atoms with E-state index >= 15 is 0 Å². The molecule has 0 amide bonds. The zero-order valence-electron chi connectivity index (χ0n) is 13.5. The molecule has 0 aromatic heterocycles. The zero-order valence-corrected chi connectivity index (χ0v) is 15.1. The molecule has 1 N–H and O–H groups in total. The van der Waals surface area contributed by atoms with Gasteiger partial charge < -0.3 is 0 Å². The van der Waals surface area contributed by atoms with Crippen molar-refractivity contribution in [3.8, 4) is 0 Å². The monoisotopic (exact) mass is 348 g/mol. The first-order valence-corrected chi connectivity index (χ1v) is 10.6. The summed E-state index contributed by atoms with van der Waals surface area (Å²) in [4.78, 5) is 0. The van der Waals surface area contributed by atoms with E-state index in [2.05, 4.69) is 4.72 Å². The van der Waals surface area contributed by atoms with Gasteiger partial charge in [0.25, 0.3) is 0 Å². The average molecular weight is 348 g/mol. The Morgan fingerprint density at radius 3 is 2.09 bits per heavy atom. The normalized spacial score (nSPS) is 12.4. The average Bonchev–Trinajstić information content (AvgIpc) is 2.35. The zero-order chi connectivity index (χ0) is 17.0.